The highest BCUT2D eigenvalue weighted by molar-refractivity contribution is 5.99. The van der Waals surface area contributed by atoms with Gasteiger partial charge in [0, 0.05) is 17.5 Å². The molecule has 0 aromatic carbocycles. The highest BCUT2D eigenvalue weighted by atomic mass is 16.5. The Labute approximate surface area is 173 Å². The molecule has 1 N–H and O–H groups in total. The van der Waals surface area contributed by atoms with Crippen molar-refractivity contribution in [2.45, 2.75) is 71.1 Å². The maximum Gasteiger partial charge on any atom is 0.159 e. The lowest BCUT2D eigenvalue weighted by Crippen LogP contribution is -2.07. The first-order valence-electron chi connectivity index (χ1n) is 10.9. The van der Waals surface area contributed by atoms with E-state index in [0.717, 1.165) is 23.6 Å². The third kappa shape index (κ3) is 6.44. The Morgan fingerprint density at radius 2 is 1.79 bits per heavy atom. The SMILES string of the molecule is CCCCCCCCCCCc1ccc(/C=C2\N=C(n3cncn3)C=C2OC)[nH]1. The summed E-state index contributed by atoms with van der Waals surface area (Å²) in [6.45, 7) is 2.27. The molecule has 2 aromatic rings. The normalized spacial score (nSPS) is 15.0. The summed E-state index contributed by atoms with van der Waals surface area (Å²) in [5.41, 5.74) is 3.10. The summed E-state index contributed by atoms with van der Waals surface area (Å²) >= 11 is 0. The molecule has 0 unspecified atom stereocenters. The standard InChI is InChI=1S/C23H33N5O/c1-3-4-5-6-7-8-9-10-11-12-19-13-14-20(26-19)15-21-22(29-2)16-23(27-21)28-18-24-17-25-28/h13-18,26H,3-12H2,1-2H3/b21-15-. The van der Waals surface area contributed by atoms with Gasteiger partial charge in [-0.1, -0.05) is 58.3 Å². The van der Waals surface area contributed by atoms with Crippen LogP contribution in [0.5, 0.6) is 0 Å². The molecule has 0 fully saturated rings. The summed E-state index contributed by atoms with van der Waals surface area (Å²) < 4.78 is 7.10. The molecule has 0 aliphatic carbocycles. The van der Waals surface area contributed by atoms with Crippen LogP contribution in [0.15, 0.2) is 47.3 Å². The number of unbranched alkanes of at least 4 members (excludes halogenated alkanes) is 8. The molecular weight excluding hydrogens is 362 g/mol. The van der Waals surface area contributed by atoms with Gasteiger partial charge in [-0.25, -0.2) is 14.7 Å². The minimum absolute atomic E-state index is 0.701. The van der Waals surface area contributed by atoms with Crippen LogP contribution in [-0.4, -0.2) is 32.7 Å². The number of H-pyrrole nitrogens is 1. The van der Waals surface area contributed by atoms with E-state index < -0.39 is 0 Å². The van der Waals surface area contributed by atoms with Crippen molar-refractivity contribution in [3.05, 3.63) is 53.7 Å². The lowest BCUT2D eigenvalue weighted by molar-refractivity contribution is 0.303. The summed E-state index contributed by atoms with van der Waals surface area (Å²) in [4.78, 5) is 12.1. The third-order valence-electron chi connectivity index (χ3n) is 5.23. The number of methoxy groups -OCH3 is 1. The number of aryl methyl sites for hydroxylation is 1. The molecule has 0 spiro atoms. The molecule has 6 nitrogen and oxygen atoms in total. The van der Waals surface area contributed by atoms with Crippen LogP contribution in [-0.2, 0) is 11.2 Å². The summed E-state index contributed by atoms with van der Waals surface area (Å²) in [6.07, 6.45) is 20.3. The van der Waals surface area contributed by atoms with E-state index in [4.69, 9.17) is 4.74 Å². The highest BCUT2D eigenvalue weighted by Crippen LogP contribution is 2.23. The van der Waals surface area contributed by atoms with E-state index in [0.29, 0.717) is 5.84 Å². The van der Waals surface area contributed by atoms with Gasteiger partial charge < -0.3 is 9.72 Å². The fourth-order valence-electron chi connectivity index (χ4n) is 3.58. The topological polar surface area (TPSA) is 68.1 Å². The second-order valence-corrected chi connectivity index (χ2v) is 7.57. The van der Waals surface area contributed by atoms with Crippen molar-refractivity contribution in [2.24, 2.45) is 4.99 Å². The van der Waals surface area contributed by atoms with Crippen molar-refractivity contribution >= 4 is 11.9 Å². The third-order valence-corrected chi connectivity index (χ3v) is 5.23. The molecule has 156 valence electrons. The molecule has 6 heteroatoms. The van der Waals surface area contributed by atoms with Gasteiger partial charge in [0.25, 0.3) is 0 Å². The molecule has 29 heavy (non-hydrogen) atoms. The van der Waals surface area contributed by atoms with E-state index in [-0.39, 0.29) is 0 Å². The van der Waals surface area contributed by atoms with Gasteiger partial charge in [-0.3, -0.25) is 0 Å². The van der Waals surface area contributed by atoms with Crippen LogP contribution in [0.3, 0.4) is 0 Å². The first-order chi connectivity index (χ1) is 14.3. The maximum absolute atomic E-state index is 5.47. The summed E-state index contributed by atoms with van der Waals surface area (Å²) in [7, 11) is 1.66. The van der Waals surface area contributed by atoms with Gasteiger partial charge in [0.1, 0.15) is 24.1 Å². The number of aromatic nitrogens is 4. The Kier molecular flexibility index (Phi) is 8.28. The number of hydrogen-bond acceptors (Lipinski definition) is 4. The zero-order valence-corrected chi connectivity index (χ0v) is 17.7. The second-order valence-electron chi connectivity index (χ2n) is 7.57. The van der Waals surface area contributed by atoms with E-state index in [2.05, 4.69) is 39.1 Å². The molecule has 3 heterocycles. The fraction of sp³-hybridized carbons (Fsp3) is 0.522. The van der Waals surface area contributed by atoms with Crippen molar-refractivity contribution in [3.8, 4) is 0 Å². The Hall–Kier alpha value is -2.63. The average molecular weight is 396 g/mol. The second kappa shape index (κ2) is 11.4. The largest absolute Gasteiger partial charge is 0.494 e. The zero-order valence-electron chi connectivity index (χ0n) is 17.7. The van der Waals surface area contributed by atoms with Gasteiger partial charge in [0.15, 0.2) is 5.84 Å². The lowest BCUT2D eigenvalue weighted by atomic mass is 10.1. The number of aromatic amines is 1. The van der Waals surface area contributed by atoms with Crippen molar-refractivity contribution in [1.82, 2.24) is 19.7 Å². The Morgan fingerprint density at radius 1 is 1.03 bits per heavy atom. The summed E-state index contributed by atoms with van der Waals surface area (Å²) in [5.74, 6) is 1.43. The van der Waals surface area contributed by atoms with E-state index in [9.17, 15) is 0 Å². The van der Waals surface area contributed by atoms with E-state index >= 15 is 0 Å². The van der Waals surface area contributed by atoms with Gasteiger partial charge in [-0.05, 0) is 31.1 Å². The average Bonchev–Trinajstić information content (AvgIpc) is 3.48. The van der Waals surface area contributed by atoms with Crippen LogP contribution in [0.1, 0.15) is 76.1 Å². The fourth-order valence-corrected chi connectivity index (χ4v) is 3.58. The zero-order chi connectivity index (χ0) is 20.3. The molecule has 0 atom stereocenters. The predicted octanol–water partition coefficient (Wildman–Crippen LogP) is 5.51. The lowest BCUT2D eigenvalue weighted by Gasteiger charge is -2.02. The van der Waals surface area contributed by atoms with Crippen LogP contribution in [0.4, 0.5) is 0 Å². The minimum atomic E-state index is 0.701. The molecule has 1 aliphatic heterocycles. The van der Waals surface area contributed by atoms with Crippen molar-refractivity contribution < 1.29 is 4.74 Å². The summed E-state index contributed by atoms with van der Waals surface area (Å²) in [6, 6.07) is 4.27. The van der Waals surface area contributed by atoms with Crippen LogP contribution in [0.25, 0.3) is 6.08 Å². The van der Waals surface area contributed by atoms with Crippen LogP contribution >= 0.6 is 0 Å². The van der Waals surface area contributed by atoms with Crippen molar-refractivity contribution in [1.29, 1.82) is 0 Å². The Bertz CT molecular complexity index is 829. The summed E-state index contributed by atoms with van der Waals surface area (Å²) in [5, 5.41) is 4.13. The first-order valence-corrected chi connectivity index (χ1v) is 10.9. The first kappa shape index (κ1) is 21.1. The quantitative estimate of drug-likeness (QED) is 0.482. The molecule has 3 rings (SSSR count). The minimum Gasteiger partial charge on any atom is -0.494 e. The van der Waals surface area contributed by atoms with E-state index in [1.165, 1.54) is 69.8 Å². The van der Waals surface area contributed by atoms with Crippen molar-refractivity contribution in [2.75, 3.05) is 7.11 Å². The maximum atomic E-state index is 5.47. The highest BCUT2D eigenvalue weighted by Gasteiger charge is 2.17. The Balaban J connectivity index is 1.44. The molecule has 1 aliphatic rings. The smallest absolute Gasteiger partial charge is 0.159 e. The number of allylic oxidation sites excluding steroid dienone is 1. The van der Waals surface area contributed by atoms with E-state index in [1.807, 2.05) is 12.2 Å². The van der Waals surface area contributed by atoms with Crippen LogP contribution in [0, 0.1) is 0 Å². The predicted molar refractivity (Wildman–Crippen MR) is 118 cm³/mol. The van der Waals surface area contributed by atoms with Gasteiger partial charge in [-0.2, -0.15) is 5.10 Å². The van der Waals surface area contributed by atoms with Crippen molar-refractivity contribution in [3.63, 3.8) is 0 Å². The molecule has 0 saturated carbocycles. The van der Waals surface area contributed by atoms with Gasteiger partial charge in [0.2, 0.25) is 0 Å². The van der Waals surface area contributed by atoms with Crippen LogP contribution < -0.4 is 0 Å². The number of hydrogen-bond donors (Lipinski definition) is 1. The molecule has 0 saturated heterocycles. The molecule has 0 bridgehead atoms. The van der Waals surface area contributed by atoms with E-state index in [1.54, 1.807) is 18.1 Å². The number of aliphatic imine (C=N–C) groups is 1. The van der Waals surface area contributed by atoms with Gasteiger partial charge in [0.05, 0.1) is 7.11 Å². The molecule has 0 amide bonds. The number of rotatable bonds is 12. The van der Waals surface area contributed by atoms with Crippen LogP contribution in [0.2, 0.25) is 0 Å². The van der Waals surface area contributed by atoms with Gasteiger partial charge in [-0.15, -0.1) is 0 Å². The number of ether oxygens (including phenoxy) is 1. The van der Waals surface area contributed by atoms with Gasteiger partial charge >= 0.3 is 0 Å². The Morgan fingerprint density at radius 3 is 2.48 bits per heavy atom. The monoisotopic (exact) mass is 395 g/mol. The molecular formula is C23H33N5O. The molecule has 2 aromatic heterocycles. The number of nitrogens with one attached hydrogen (secondary N) is 1. The number of nitrogens with zero attached hydrogens (tertiary/aromatic N) is 4. The molecule has 0 radical (unpaired) electrons.